The molecule has 180 valence electrons. The Morgan fingerprint density at radius 1 is 1.32 bits per heavy atom. The molecule has 4 heterocycles. The van der Waals surface area contributed by atoms with Crippen molar-refractivity contribution < 1.29 is 13.9 Å². The number of ether oxygens (including phenoxy) is 1. The van der Waals surface area contributed by atoms with Gasteiger partial charge >= 0.3 is 0 Å². The van der Waals surface area contributed by atoms with Crippen molar-refractivity contribution in [1.29, 1.82) is 0 Å². The van der Waals surface area contributed by atoms with E-state index in [4.69, 9.17) is 22.1 Å². The number of anilines is 1. The minimum absolute atomic E-state index is 0.0278. The SMILES string of the molecule is CC(=O)N1CC(N2Cc3c(F)c(Cl)cc([C@H](C)n4nc(C)c5c(N)ncnc54)c3O[C@@H](C)C2)C1. The molecule has 0 saturated carbocycles. The standard InChI is InChI=1S/C23H27ClFN7O2/c1-11-6-31(15-7-30(8-15)14(4)33)9-17-20(25)18(24)5-16(21(17)34-11)13(3)32-23-19(12(2)29-32)22(26)27-10-28-23/h5,10-11,13,15H,6-9H2,1-4H3,(H2,26,27,28)/t11-,13-/m0/s1. The number of fused-ring (bicyclic) bond motifs is 2. The highest BCUT2D eigenvalue weighted by atomic mass is 35.5. The number of hydrogen-bond donors (Lipinski definition) is 1. The number of nitrogens with two attached hydrogens (primary N) is 1. The molecule has 3 aromatic rings. The number of amides is 1. The van der Waals surface area contributed by atoms with Crippen molar-refractivity contribution in [3.05, 3.63) is 40.1 Å². The third kappa shape index (κ3) is 3.65. The zero-order valence-electron chi connectivity index (χ0n) is 19.5. The molecule has 1 fully saturated rings. The van der Waals surface area contributed by atoms with E-state index in [0.29, 0.717) is 60.0 Å². The lowest BCUT2D eigenvalue weighted by Gasteiger charge is -2.45. The molecule has 0 unspecified atom stereocenters. The quantitative estimate of drug-likeness (QED) is 0.606. The van der Waals surface area contributed by atoms with E-state index in [-0.39, 0.29) is 29.1 Å². The van der Waals surface area contributed by atoms with E-state index in [9.17, 15) is 4.79 Å². The van der Waals surface area contributed by atoms with Crippen LogP contribution in [-0.4, -0.2) is 67.2 Å². The normalized spacial score (nSPS) is 19.9. The molecule has 1 amide bonds. The predicted molar refractivity (Wildman–Crippen MR) is 126 cm³/mol. The average Bonchev–Trinajstić information content (AvgIpc) is 2.98. The highest BCUT2D eigenvalue weighted by Crippen LogP contribution is 2.41. The Hall–Kier alpha value is -2.98. The van der Waals surface area contributed by atoms with Gasteiger partial charge in [-0.3, -0.25) is 9.69 Å². The smallest absolute Gasteiger partial charge is 0.219 e. The molecule has 2 aromatic heterocycles. The summed E-state index contributed by atoms with van der Waals surface area (Å²) in [5.41, 5.74) is 8.50. The van der Waals surface area contributed by atoms with Crippen LogP contribution in [0.5, 0.6) is 5.75 Å². The fraction of sp³-hybridized carbons (Fsp3) is 0.478. The maximum atomic E-state index is 15.3. The van der Waals surface area contributed by atoms with Crippen LogP contribution in [0.4, 0.5) is 10.2 Å². The molecule has 2 aliphatic rings. The average molecular weight is 488 g/mol. The minimum atomic E-state index is -0.484. The zero-order valence-corrected chi connectivity index (χ0v) is 20.3. The van der Waals surface area contributed by atoms with Gasteiger partial charge in [-0.2, -0.15) is 5.10 Å². The van der Waals surface area contributed by atoms with E-state index in [2.05, 4.69) is 20.0 Å². The number of halogens is 2. The van der Waals surface area contributed by atoms with Gasteiger partial charge in [-0.05, 0) is 26.8 Å². The predicted octanol–water partition coefficient (Wildman–Crippen LogP) is 2.93. The van der Waals surface area contributed by atoms with E-state index in [0.717, 1.165) is 5.56 Å². The second-order valence-corrected chi connectivity index (χ2v) is 9.58. The number of likely N-dealkylation sites (tertiary alicyclic amines) is 1. The fourth-order valence-corrected chi connectivity index (χ4v) is 5.13. The second kappa shape index (κ2) is 8.35. The largest absolute Gasteiger partial charge is 0.489 e. The van der Waals surface area contributed by atoms with E-state index in [1.807, 2.05) is 20.8 Å². The second-order valence-electron chi connectivity index (χ2n) is 9.17. The summed E-state index contributed by atoms with van der Waals surface area (Å²) < 4.78 is 23.4. The van der Waals surface area contributed by atoms with Crippen LogP contribution < -0.4 is 10.5 Å². The maximum Gasteiger partial charge on any atom is 0.219 e. The van der Waals surface area contributed by atoms with Crippen LogP contribution >= 0.6 is 11.6 Å². The highest BCUT2D eigenvalue weighted by Gasteiger charge is 2.38. The minimum Gasteiger partial charge on any atom is -0.489 e. The molecule has 34 heavy (non-hydrogen) atoms. The van der Waals surface area contributed by atoms with Gasteiger partial charge in [-0.15, -0.1) is 0 Å². The van der Waals surface area contributed by atoms with Gasteiger partial charge in [0.05, 0.1) is 22.1 Å². The first-order valence-corrected chi connectivity index (χ1v) is 11.7. The van der Waals surface area contributed by atoms with Crippen LogP contribution in [-0.2, 0) is 11.3 Å². The molecule has 0 spiro atoms. The van der Waals surface area contributed by atoms with Gasteiger partial charge < -0.3 is 15.4 Å². The lowest BCUT2D eigenvalue weighted by atomic mass is 10.0. The number of carbonyl (C=O) groups is 1. The number of benzene rings is 1. The molecular formula is C23H27ClFN7O2. The van der Waals surface area contributed by atoms with Gasteiger partial charge in [0.1, 0.15) is 29.8 Å². The molecule has 0 bridgehead atoms. The molecule has 0 radical (unpaired) electrons. The van der Waals surface area contributed by atoms with Crippen LogP contribution in [0, 0.1) is 12.7 Å². The third-order valence-corrected chi connectivity index (χ3v) is 7.07. The lowest BCUT2D eigenvalue weighted by molar-refractivity contribution is -0.136. The lowest BCUT2D eigenvalue weighted by Crippen LogP contribution is -2.61. The summed E-state index contributed by atoms with van der Waals surface area (Å²) in [6.07, 6.45) is 1.22. The molecule has 2 aliphatic heterocycles. The highest BCUT2D eigenvalue weighted by molar-refractivity contribution is 6.31. The van der Waals surface area contributed by atoms with Crippen LogP contribution in [0.15, 0.2) is 12.4 Å². The van der Waals surface area contributed by atoms with Crippen LogP contribution in [0.25, 0.3) is 11.0 Å². The van der Waals surface area contributed by atoms with Crippen LogP contribution in [0.2, 0.25) is 5.02 Å². The third-order valence-electron chi connectivity index (χ3n) is 6.80. The number of aromatic nitrogens is 4. The first kappa shape index (κ1) is 22.8. The monoisotopic (exact) mass is 487 g/mol. The maximum absolute atomic E-state index is 15.3. The summed E-state index contributed by atoms with van der Waals surface area (Å²) in [5.74, 6) is 0.405. The number of rotatable bonds is 3. The molecule has 1 saturated heterocycles. The Morgan fingerprint density at radius 2 is 2.06 bits per heavy atom. The Kier molecular flexibility index (Phi) is 5.60. The van der Waals surface area contributed by atoms with Crippen LogP contribution in [0.1, 0.15) is 43.6 Å². The van der Waals surface area contributed by atoms with Crippen molar-refractivity contribution in [2.45, 2.75) is 52.4 Å². The van der Waals surface area contributed by atoms with E-state index in [1.165, 1.54) is 6.33 Å². The summed E-state index contributed by atoms with van der Waals surface area (Å²) in [7, 11) is 0. The summed E-state index contributed by atoms with van der Waals surface area (Å²) in [6, 6.07) is 1.40. The summed E-state index contributed by atoms with van der Waals surface area (Å²) in [5, 5.41) is 5.37. The first-order valence-electron chi connectivity index (χ1n) is 11.3. The Bertz CT molecular complexity index is 1290. The number of hydrogen-bond acceptors (Lipinski definition) is 7. The van der Waals surface area contributed by atoms with Crippen molar-refractivity contribution in [1.82, 2.24) is 29.5 Å². The van der Waals surface area contributed by atoms with Crippen molar-refractivity contribution >= 4 is 34.4 Å². The Morgan fingerprint density at radius 3 is 2.76 bits per heavy atom. The molecule has 2 atom stereocenters. The van der Waals surface area contributed by atoms with E-state index >= 15 is 4.39 Å². The zero-order chi connectivity index (χ0) is 24.3. The van der Waals surface area contributed by atoms with Gasteiger partial charge in [0.2, 0.25) is 5.91 Å². The van der Waals surface area contributed by atoms with E-state index in [1.54, 1.807) is 22.6 Å². The fourth-order valence-electron chi connectivity index (χ4n) is 4.90. The van der Waals surface area contributed by atoms with Crippen LogP contribution in [0.3, 0.4) is 0 Å². The number of nitrogen functional groups attached to an aromatic ring is 1. The number of carbonyl (C=O) groups excluding carboxylic acids is 1. The van der Waals surface area contributed by atoms with Gasteiger partial charge in [0.25, 0.3) is 0 Å². The van der Waals surface area contributed by atoms with Crippen molar-refractivity contribution in [2.24, 2.45) is 0 Å². The summed E-state index contributed by atoms with van der Waals surface area (Å²) >= 11 is 6.38. The topological polar surface area (TPSA) is 102 Å². The summed E-state index contributed by atoms with van der Waals surface area (Å²) in [6.45, 7) is 9.53. The van der Waals surface area contributed by atoms with Crippen molar-refractivity contribution in [3.8, 4) is 5.75 Å². The first-order chi connectivity index (χ1) is 16.2. The van der Waals surface area contributed by atoms with Gasteiger partial charge in [-0.1, -0.05) is 11.6 Å². The van der Waals surface area contributed by atoms with Gasteiger partial charge in [0.15, 0.2) is 5.65 Å². The van der Waals surface area contributed by atoms with Crippen molar-refractivity contribution in [2.75, 3.05) is 25.4 Å². The van der Waals surface area contributed by atoms with Gasteiger partial charge in [0, 0.05) is 50.3 Å². The Balaban J connectivity index is 1.56. The molecule has 11 heteroatoms. The molecule has 2 N–H and O–H groups in total. The Labute approximate surface area is 201 Å². The van der Waals surface area contributed by atoms with Crippen molar-refractivity contribution in [3.63, 3.8) is 0 Å². The summed E-state index contributed by atoms with van der Waals surface area (Å²) in [4.78, 5) is 24.1. The molecule has 5 rings (SSSR count). The molecule has 0 aliphatic carbocycles. The molecule has 9 nitrogen and oxygen atoms in total. The number of aryl methyl sites for hydroxylation is 1. The number of nitrogens with zero attached hydrogens (tertiary/aromatic N) is 6. The molecular weight excluding hydrogens is 461 g/mol. The van der Waals surface area contributed by atoms with Gasteiger partial charge in [-0.25, -0.2) is 19.0 Å². The molecule has 1 aromatic carbocycles. The van der Waals surface area contributed by atoms with E-state index < -0.39 is 5.82 Å².